The highest BCUT2D eigenvalue weighted by Gasteiger charge is 2.28. The van der Waals surface area contributed by atoms with Gasteiger partial charge in [-0.2, -0.15) is 0 Å². The van der Waals surface area contributed by atoms with Gasteiger partial charge in [-0.1, -0.05) is 0 Å². The molecule has 1 heterocycles. The van der Waals surface area contributed by atoms with Crippen LogP contribution in [0.15, 0.2) is 16.5 Å². The number of hydrogen-bond donors (Lipinski definition) is 1. The van der Waals surface area contributed by atoms with E-state index in [2.05, 4.69) is 4.98 Å². The molecule has 1 fully saturated rings. The number of rotatable bonds is 3. The number of ether oxygens (including phenoxy) is 1. The molecule has 0 bridgehead atoms. The number of nitrogens with zero attached hydrogens (tertiary/aromatic N) is 1. The highest BCUT2D eigenvalue weighted by Crippen LogP contribution is 2.38. The molecule has 2 aromatic rings. The van der Waals surface area contributed by atoms with Crippen LogP contribution in [0.5, 0.6) is 5.75 Å². The molecule has 21 heavy (non-hydrogen) atoms. The number of ketones is 1. The van der Waals surface area contributed by atoms with Gasteiger partial charge in [0.1, 0.15) is 17.0 Å². The van der Waals surface area contributed by atoms with Crippen molar-refractivity contribution in [3.05, 3.63) is 18.0 Å². The maximum absolute atomic E-state index is 11.4. The van der Waals surface area contributed by atoms with E-state index in [-0.39, 0.29) is 5.92 Å². The Kier molecular flexibility index (Phi) is 3.57. The molecule has 3 rings (SSSR count). The van der Waals surface area contributed by atoms with E-state index < -0.39 is 0 Å². The molecular formula is C16H20N2O3. The van der Waals surface area contributed by atoms with Crippen molar-refractivity contribution < 1.29 is 13.9 Å². The molecule has 0 atom stereocenters. The van der Waals surface area contributed by atoms with Crippen LogP contribution in [0.1, 0.15) is 44.4 Å². The average molecular weight is 288 g/mol. The molecule has 0 aliphatic heterocycles. The summed E-state index contributed by atoms with van der Waals surface area (Å²) in [6.07, 6.45) is 3.74. The Bertz CT molecular complexity index is 669. The number of methoxy groups -OCH3 is 1. The SMILES string of the molecule is COc1cc2nc([C@H]3CC[C@H](C(C)=O)CC3)oc2cc1N. The third-order valence-electron chi connectivity index (χ3n) is 4.41. The molecule has 1 aliphatic carbocycles. The minimum Gasteiger partial charge on any atom is -0.495 e. The lowest BCUT2D eigenvalue weighted by atomic mass is 9.80. The minimum absolute atomic E-state index is 0.210. The molecule has 1 saturated carbocycles. The highest BCUT2D eigenvalue weighted by atomic mass is 16.5. The average Bonchev–Trinajstić information content (AvgIpc) is 2.89. The lowest BCUT2D eigenvalue weighted by molar-refractivity contribution is -0.121. The third-order valence-corrected chi connectivity index (χ3v) is 4.41. The van der Waals surface area contributed by atoms with Crippen LogP contribution in [0, 0.1) is 5.92 Å². The van der Waals surface area contributed by atoms with Crippen LogP contribution in [0.4, 0.5) is 5.69 Å². The highest BCUT2D eigenvalue weighted by molar-refractivity contribution is 5.81. The molecule has 0 saturated heterocycles. The van der Waals surface area contributed by atoms with Crippen LogP contribution in [0.2, 0.25) is 0 Å². The standard InChI is InChI=1S/C16H20N2O3/c1-9(19)10-3-5-11(6-4-10)16-18-13-8-14(20-2)12(17)7-15(13)21-16/h7-8,10-11H,3-6,17H2,1-2H3/t10-,11-. The summed E-state index contributed by atoms with van der Waals surface area (Å²) in [5, 5.41) is 0. The molecule has 5 heteroatoms. The zero-order valence-corrected chi connectivity index (χ0v) is 12.4. The fraction of sp³-hybridized carbons (Fsp3) is 0.500. The second-order valence-corrected chi connectivity index (χ2v) is 5.77. The van der Waals surface area contributed by atoms with Crippen molar-refractivity contribution in [2.45, 2.75) is 38.5 Å². The normalized spacial score (nSPS) is 22.4. The Morgan fingerprint density at radius 3 is 2.67 bits per heavy atom. The zero-order chi connectivity index (χ0) is 15.0. The Hall–Kier alpha value is -2.04. The van der Waals surface area contributed by atoms with Gasteiger partial charge in [0.15, 0.2) is 11.5 Å². The van der Waals surface area contributed by atoms with Gasteiger partial charge in [-0.25, -0.2) is 4.98 Å². The van der Waals surface area contributed by atoms with Crippen molar-refractivity contribution in [3.8, 4) is 5.75 Å². The van der Waals surface area contributed by atoms with Crippen molar-refractivity contribution in [2.24, 2.45) is 5.92 Å². The zero-order valence-electron chi connectivity index (χ0n) is 12.4. The summed E-state index contributed by atoms with van der Waals surface area (Å²) in [5.41, 5.74) is 7.90. The molecule has 0 spiro atoms. The summed E-state index contributed by atoms with van der Waals surface area (Å²) >= 11 is 0. The molecule has 1 aromatic heterocycles. The molecule has 1 aliphatic rings. The topological polar surface area (TPSA) is 78.3 Å². The number of nitrogen functional groups attached to an aromatic ring is 1. The van der Waals surface area contributed by atoms with E-state index in [1.165, 1.54) is 0 Å². The second-order valence-electron chi connectivity index (χ2n) is 5.77. The largest absolute Gasteiger partial charge is 0.495 e. The van der Waals surface area contributed by atoms with Gasteiger partial charge in [0, 0.05) is 24.0 Å². The number of benzene rings is 1. The van der Waals surface area contributed by atoms with Crippen molar-refractivity contribution in [1.82, 2.24) is 4.98 Å². The maximum atomic E-state index is 11.4. The van der Waals surface area contributed by atoms with E-state index in [9.17, 15) is 4.79 Å². The first-order chi connectivity index (χ1) is 10.1. The van der Waals surface area contributed by atoms with Gasteiger partial charge in [-0.05, 0) is 32.6 Å². The monoisotopic (exact) mass is 288 g/mol. The van der Waals surface area contributed by atoms with Crippen molar-refractivity contribution in [3.63, 3.8) is 0 Å². The van der Waals surface area contributed by atoms with Gasteiger partial charge in [-0.15, -0.1) is 0 Å². The Morgan fingerprint density at radius 1 is 1.33 bits per heavy atom. The van der Waals surface area contributed by atoms with Crippen LogP contribution < -0.4 is 10.5 Å². The molecule has 0 radical (unpaired) electrons. The smallest absolute Gasteiger partial charge is 0.198 e. The first-order valence-corrected chi connectivity index (χ1v) is 7.33. The van der Waals surface area contributed by atoms with Gasteiger partial charge in [0.25, 0.3) is 0 Å². The summed E-state index contributed by atoms with van der Waals surface area (Å²) in [6, 6.07) is 3.56. The van der Waals surface area contributed by atoms with Crippen molar-refractivity contribution >= 4 is 22.6 Å². The first-order valence-electron chi connectivity index (χ1n) is 7.33. The van der Waals surface area contributed by atoms with Crippen LogP contribution in [0.3, 0.4) is 0 Å². The second kappa shape index (κ2) is 5.39. The summed E-state index contributed by atoms with van der Waals surface area (Å²) in [4.78, 5) is 16.0. The van der Waals surface area contributed by atoms with Crippen LogP contribution in [0.25, 0.3) is 11.1 Å². The predicted molar refractivity (Wildman–Crippen MR) is 80.4 cm³/mol. The van der Waals surface area contributed by atoms with E-state index >= 15 is 0 Å². The summed E-state index contributed by atoms with van der Waals surface area (Å²) in [7, 11) is 1.58. The van der Waals surface area contributed by atoms with E-state index in [0.29, 0.717) is 28.7 Å². The molecular weight excluding hydrogens is 268 g/mol. The van der Waals surface area contributed by atoms with Crippen molar-refractivity contribution in [1.29, 1.82) is 0 Å². The summed E-state index contributed by atoms with van der Waals surface area (Å²) < 4.78 is 11.1. The van der Waals surface area contributed by atoms with Gasteiger partial charge < -0.3 is 14.9 Å². The van der Waals surface area contributed by atoms with E-state index in [1.807, 2.05) is 0 Å². The number of carbonyl (C=O) groups excluding carboxylic acids is 1. The van der Waals surface area contributed by atoms with E-state index in [0.717, 1.165) is 37.1 Å². The lowest BCUT2D eigenvalue weighted by Crippen LogP contribution is -2.19. The van der Waals surface area contributed by atoms with E-state index in [1.54, 1.807) is 26.2 Å². The number of Topliss-reactive ketones (excluding diaryl/α,β-unsaturated/α-hetero) is 1. The predicted octanol–water partition coefficient (Wildman–Crippen LogP) is 3.28. The number of anilines is 1. The summed E-state index contributed by atoms with van der Waals surface area (Å²) in [6.45, 7) is 1.68. The molecule has 5 nitrogen and oxygen atoms in total. The minimum atomic E-state index is 0.210. The molecule has 0 unspecified atom stereocenters. The first kappa shape index (κ1) is 13.9. The van der Waals surface area contributed by atoms with Gasteiger partial charge >= 0.3 is 0 Å². The Balaban J connectivity index is 1.83. The Labute approximate surface area is 123 Å². The molecule has 1 aromatic carbocycles. The third kappa shape index (κ3) is 2.60. The number of fused-ring (bicyclic) bond motifs is 1. The van der Waals surface area contributed by atoms with Gasteiger partial charge in [0.05, 0.1) is 12.8 Å². The fourth-order valence-electron chi connectivity index (χ4n) is 3.09. The number of aromatic nitrogens is 1. The van der Waals surface area contributed by atoms with E-state index in [4.69, 9.17) is 14.9 Å². The van der Waals surface area contributed by atoms with Gasteiger partial charge in [0.2, 0.25) is 0 Å². The molecule has 112 valence electrons. The summed E-state index contributed by atoms with van der Waals surface area (Å²) in [5.74, 6) is 2.16. The number of hydrogen-bond acceptors (Lipinski definition) is 5. The van der Waals surface area contributed by atoms with Crippen LogP contribution in [-0.4, -0.2) is 17.9 Å². The lowest BCUT2D eigenvalue weighted by Gasteiger charge is -2.24. The number of carbonyl (C=O) groups is 1. The molecule has 0 amide bonds. The van der Waals surface area contributed by atoms with Crippen LogP contribution in [-0.2, 0) is 4.79 Å². The fourth-order valence-corrected chi connectivity index (χ4v) is 3.09. The number of oxazole rings is 1. The van der Waals surface area contributed by atoms with Gasteiger partial charge in [-0.3, -0.25) is 4.79 Å². The quantitative estimate of drug-likeness (QED) is 0.877. The number of nitrogens with two attached hydrogens (primary N) is 1. The maximum Gasteiger partial charge on any atom is 0.198 e. The van der Waals surface area contributed by atoms with Crippen LogP contribution >= 0.6 is 0 Å². The van der Waals surface area contributed by atoms with Crippen molar-refractivity contribution in [2.75, 3.05) is 12.8 Å². The molecule has 2 N–H and O–H groups in total. The Morgan fingerprint density at radius 2 is 2.05 bits per heavy atom.